The highest BCUT2D eigenvalue weighted by molar-refractivity contribution is 4.59. The van der Waals surface area contributed by atoms with Gasteiger partial charge >= 0.3 is 0 Å². The van der Waals surface area contributed by atoms with E-state index in [0.717, 1.165) is 13.1 Å². The summed E-state index contributed by atoms with van der Waals surface area (Å²) >= 11 is 0. The van der Waals surface area contributed by atoms with Crippen LogP contribution in [0.1, 0.15) is 0 Å². The van der Waals surface area contributed by atoms with Crippen molar-refractivity contribution < 1.29 is 4.97 Å². The number of rotatable bonds is 1. The summed E-state index contributed by atoms with van der Waals surface area (Å²) in [6.45, 7) is 2.56. The smallest absolute Gasteiger partial charge is 0.0892 e. The van der Waals surface area contributed by atoms with Crippen molar-refractivity contribution in [1.82, 2.24) is 10.3 Å². The van der Waals surface area contributed by atoms with E-state index < -0.39 is 0 Å². The van der Waals surface area contributed by atoms with Gasteiger partial charge in [0.25, 0.3) is 0 Å². The number of nitrogens with zero attached hydrogens (tertiary/aromatic N) is 3. The van der Waals surface area contributed by atoms with E-state index in [4.69, 9.17) is 0 Å². The van der Waals surface area contributed by atoms with E-state index in [0.29, 0.717) is 13.1 Å². The van der Waals surface area contributed by atoms with Crippen molar-refractivity contribution in [3.63, 3.8) is 0 Å². The topological polar surface area (TPSA) is 76.8 Å². The zero-order valence-corrected chi connectivity index (χ0v) is 5.49. The van der Waals surface area contributed by atoms with Crippen LogP contribution in [0.15, 0.2) is 5.28 Å². The Balaban J connectivity index is 2.39. The summed E-state index contributed by atoms with van der Waals surface area (Å²) in [6, 6.07) is 0. The van der Waals surface area contributed by atoms with Crippen molar-refractivity contribution in [2.24, 2.45) is 5.28 Å². The quantitative estimate of drug-likeness (QED) is 0.299. The van der Waals surface area contributed by atoms with E-state index in [9.17, 15) is 10.4 Å². The average molecular weight is 145 g/mol. The minimum Gasteiger partial charge on any atom is -0.737 e. The highest BCUT2D eigenvalue weighted by Gasteiger charge is 2.13. The fourth-order valence-electron chi connectivity index (χ4n) is 0.876. The van der Waals surface area contributed by atoms with Gasteiger partial charge in [0.1, 0.15) is 0 Å². The van der Waals surface area contributed by atoms with E-state index in [-0.39, 0.29) is 4.97 Å². The molecule has 0 aliphatic carbocycles. The van der Waals surface area contributed by atoms with Gasteiger partial charge in [-0.15, -0.1) is 5.01 Å². The van der Waals surface area contributed by atoms with Crippen LogP contribution in [0, 0.1) is 10.4 Å². The number of hydrogen-bond donors (Lipinski definition) is 1. The summed E-state index contributed by atoms with van der Waals surface area (Å²) in [6.07, 6.45) is 0. The molecule has 6 nitrogen and oxygen atoms in total. The summed E-state index contributed by atoms with van der Waals surface area (Å²) in [5.41, 5.74) is 0. The molecular weight excluding hydrogens is 136 g/mol. The first-order valence-electron chi connectivity index (χ1n) is 3.10. The van der Waals surface area contributed by atoms with Crippen LogP contribution in [-0.4, -0.2) is 36.2 Å². The van der Waals surface area contributed by atoms with Gasteiger partial charge in [0.05, 0.1) is 13.1 Å². The summed E-state index contributed by atoms with van der Waals surface area (Å²) in [7, 11) is 0. The Bertz CT molecular complexity index is 131. The second-order valence-corrected chi connectivity index (χ2v) is 2.04. The molecule has 0 unspecified atom stereocenters. The van der Waals surface area contributed by atoms with Crippen molar-refractivity contribution in [2.75, 3.05) is 26.2 Å². The first kappa shape index (κ1) is 7.07. The average Bonchev–Trinajstić information content (AvgIpc) is 2.05. The highest BCUT2D eigenvalue weighted by atomic mass is 16.6. The van der Waals surface area contributed by atoms with Gasteiger partial charge in [-0.3, -0.25) is 0 Å². The van der Waals surface area contributed by atoms with Gasteiger partial charge in [0.2, 0.25) is 0 Å². The number of hydrazine groups is 1. The predicted octanol–water partition coefficient (Wildman–Crippen LogP) is -0.733. The lowest BCUT2D eigenvalue weighted by molar-refractivity contribution is -0.691. The Hall–Kier alpha value is -1.04. The Kier molecular flexibility index (Phi) is 2.27. The maximum atomic E-state index is 10.5. The van der Waals surface area contributed by atoms with E-state index >= 15 is 0 Å². The lowest BCUT2D eigenvalue weighted by atomic mass is 10.4. The van der Waals surface area contributed by atoms with Crippen LogP contribution in [0.3, 0.4) is 0 Å². The third-order valence-electron chi connectivity index (χ3n) is 1.41. The van der Waals surface area contributed by atoms with Crippen LogP contribution in [0.5, 0.6) is 0 Å². The first-order valence-corrected chi connectivity index (χ1v) is 3.10. The van der Waals surface area contributed by atoms with Crippen molar-refractivity contribution in [3.8, 4) is 0 Å². The number of nitrogens with one attached hydrogen (secondary N) is 1. The molecule has 0 aromatic carbocycles. The Morgan fingerprint density at radius 2 is 2.00 bits per heavy atom. The highest BCUT2D eigenvalue weighted by Crippen LogP contribution is 1.92. The van der Waals surface area contributed by atoms with E-state index in [1.54, 1.807) is 0 Å². The summed E-state index contributed by atoms with van der Waals surface area (Å²) in [5.74, 6) is 0. The van der Waals surface area contributed by atoms with Crippen LogP contribution in [0.2, 0.25) is 0 Å². The molecule has 0 spiro atoms. The summed E-state index contributed by atoms with van der Waals surface area (Å²) < 4.78 is 0. The molecule has 1 rings (SSSR count). The second-order valence-electron chi connectivity index (χ2n) is 2.04. The fourth-order valence-corrected chi connectivity index (χ4v) is 0.876. The molecule has 1 aliphatic heterocycles. The van der Waals surface area contributed by atoms with E-state index in [2.05, 4.69) is 10.6 Å². The van der Waals surface area contributed by atoms with Gasteiger partial charge in [-0.2, -0.15) is 0 Å². The minimum atomic E-state index is 0.0981. The molecule has 0 aromatic heterocycles. The molecule has 1 heterocycles. The van der Waals surface area contributed by atoms with Gasteiger partial charge in [0, 0.05) is 18.1 Å². The van der Waals surface area contributed by atoms with Crippen LogP contribution in [0.25, 0.3) is 0 Å². The molecule has 1 saturated heterocycles. The molecule has 1 N–H and O–H groups in total. The molecule has 10 heavy (non-hydrogen) atoms. The molecule has 0 saturated carbocycles. The molecule has 0 aromatic rings. The SMILES string of the molecule is [O-]/N=[N+](/[O-])N1CCNCC1. The largest absolute Gasteiger partial charge is 0.737 e. The predicted molar refractivity (Wildman–Crippen MR) is 33.9 cm³/mol. The Morgan fingerprint density at radius 1 is 1.40 bits per heavy atom. The van der Waals surface area contributed by atoms with Crippen molar-refractivity contribution in [2.45, 2.75) is 0 Å². The first-order chi connectivity index (χ1) is 4.84. The Morgan fingerprint density at radius 3 is 2.50 bits per heavy atom. The second kappa shape index (κ2) is 3.21. The molecule has 6 heteroatoms. The number of piperazine rings is 1. The van der Waals surface area contributed by atoms with Gasteiger partial charge < -0.3 is 15.7 Å². The monoisotopic (exact) mass is 145 g/mol. The molecule has 1 fully saturated rings. The maximum absolute atomic E-state index is 10.5. The minimum absolute atomic E-state index is 0.0981. The maximum Gasteiger partial charge on any atom is 0.0892 e. The standard InChI is InChI=1S/C4H10N4O2/c9-6-8(10)7-3-1-5-2-4-7/h5,9H,1-4H2/p-1/b8-6+. The molecule has 0 amide bonds. The zero-order chi connectivity index (χ0) is 7.40. The third-order valence-corrected chi connectivity index (χ3v) is 1.41. The molecule has 0 radical (unpaired) electrons. The third kappa shape index (κ3) is 1.47. The van der Waals surface area contributed by atoms with Crippen molar-refractivity contribution in [1.29, 1.82) is 0 Å². The van der Waals surface area contributed by atoms with Crippen LogP contribution < -0.4 is 5.32 Å². The van der Waals surface area contributed by atoms with E-state index in [1.807, 2.05) is 0 Å². The van der Waals surface area contributed by atoms with Gasteiger partial charge in [0.15, 0.2) is 0 Å². The lowest BCUT2D eigenvalue weighted by Gasteiger charge is -2.23. The van der Waals surface area contributed by atoms with Crippen molar-refractivity contribution in [3.05, 3.63) is 10.4 Å². The normalized spacial score (nSPS) is 21.2. The van der Waals surface area contributed by atoms with E-state index in [1.165, 1.54) is 5.01 Å². The van der Waals surface area contributed by atoms with Crippen LogP contribution >= 0.6 is 0 Å². The number of hydrogen-bond acceptors (Lipinski definition) is 4. The van der Waals surface area contributed by atoms with Crippen LogP contribution in [-0.2, 0) is 0 Å². The Labute approximate surface area is 58.3 Å². The van der Waals surface area contributed by atoms with Crippen LogP contribution in [0.4, 0.5) is 0 Å². The fraction of sp³-hybridized carbons (Fsp3) is 1.00. The molecule has 58 valence electrons. The van der Waals surface area contributed by atoms with Crippen molar-refractivity contribution >= 4 is 0 Å². The van der Waals surface area contributed by atoms with Gasteiger partial charge in [-0.1, -0.05) is 0 Å². The molecule has 0 atom stereocenters. The summed E-state index contributed by atoms with van der Waals surface area (Å²) in [4.78, 5) is 0.0981. The van der Waals surface area contributed by atoms with Gasteiger partial charge in [-0.05, 0) is 5.28 Å². The lowest BCUT2D eigenvalue weighted by Crippen LogP contribution is -2.46. The summed E-state index contributed by atoms with van der Waals surface area (Å²) in [5, 5.41) is 26.8. The molecule has 0 bridgehead atoms. The molecule has 1 aliphatic rings. The van der Waals surface area contributed by atoms with Gasteiger partial charge in [-0.25, -0.2) is 0 Å². The zero-order valence-electron chi connectivity index (χ0n) is 5.49. The molecular formula is C4H9N4O2-.